The molecule has 0 radical (unpaired) electrons. The van der Waals surface area contributed by atoms with Gasteiger partial charge in [-0.1, -0.05) is 23.6 Å². The Hall–Kier alpha value is -2.33. The van der Waals surface area contributed by atoms with Crippen LogP contribution in [0.1, 0.15) is 11.1 Å². The highest BCUT2D eigenvalue weighted by Gasteiger charge is 2.34. The number of phenols is 1. The van der Waals surface area contributed by atoms with Crippen LogP contribution in [-0.2, 0) is 6.54 Å². The molecule has 140 valence electrons. The average Bonchev–Trinajstić information content (AvgIpc) is 2.85. The van der Waals surface area contributed by atoms with E-state index in [0.29, 0.717) is 13.1 Å². The summed E-state index contributed by atoms with van der Waals surface area (Å²) < 4.78 is 36.5. The third-order valence-corrected chi connectivity index (χ3v) is 5.38. The Labute approximate surface area is 160 Å². The number of hydrogen-bond donors (Lipinski definition) is 2. The number of piperazine rings is 1. The molecule has 2 aromatic carbocycles. The monoisotopic (exact) mass is 390 g/mol. The summed E-state index contributed by atoms with van der Waals surface area (Å²) in [5.74, 6) is 0.244. The fourth-order valence-corrected chi connectivity index (χ4v) is 3.96. The van der Waals surface area contributed by atoms with E-state index in [1.165, 1.54) is 18.2 Å². The summed E-state index contributed by atoms with van der Waals surface area (Å²) in [5.41, 5.74) is -0.472. The van der Waals surface area contributed by atoms with Crippen molar-refractivity contribution >= 4 is 11.6 Å². The van der Waals surface area contributed by atoms with Gasteiger partial charge in [0.15, 0.2) is 11.6 Å². The minimum atomic E-state index is -0.810. The smallest absolute Gasteiger partial charge is 0.174 e. The number of aromatic hydroxyl groups is 1. The van der Waals surface area contributed by atoms with Gasteiger partial charge in [0.2, 0.25) is 0 Å². The molecule has 0 unspecified atom stereocenters. The Bertz CT molecular complexity index is 938. The minimum absolute atomic E-state index is 0.0106. The molecule has 2 aliphatic heterocycles. The highest BCUT2D eigenvalue weighted by Crippen LogP contribution is 2.45. The third-order valence-electron chi connectivity index (χ3n) is 5.07. The van der Waals surface area contributed by atoms with Crippen molar-refractivity contribution in [2.45, 2.75) is 12.6 Å². The molecule has 7 heteroatoms. The molecule has 0 bridgehead atoms. The molecule has 0 spiro atoms. The summed E-state index contributed by atoms with van der Waals surface area (Å²) in [6.45, 7) is 2.57. The van der Waals surface area contributed by atoms with E-state index in [9.17, 15) is 5.11 Å². The van der Waals surface area contributed by atoms with E-state index in [2.05, 4.69) is 16.1 Å². The number of fused-ring (bicyclic) bond motifs is 2. The zero-order valence-electron chi connectivity index (χ0n) is 14.4. The first-order valence-corrected chi connectivity index (χ1v) is 8.96. The van der Waals surface area contributed by atoms with Gasteiger partial charge in [-0.05, 0) is 12.1 Å². The number of hydrogen-bond acceptors (Lipinski definition) is 4. The summed E-state index contributed by atoms with van der Waals surface area (Å²) >= 11 is 6.16. The van der Waals surface area contributed by atoms with E-state index < -0.39 is 11.6 Å². The highest BCUT2D eigenvalue weighted by atomic mass is 35.5. The van der Waals surface area contributed by atoms with Gasteiger partial charge >= 0.3 is 0 Å². The Balaban J connectivity index is 1.95. The lowest BCUT2D eigenvalue weighted by atomic mass is 9.94. The molecule has 1 fully saturated rings. The molecule has 2 heterocycles. The number of terminal acetylenes is 1. The van der Waals surface area contributed by atoms with Gasteiger partial charge in [0.1, 0.15) is 18.2 Å². The Kier molecular flexibility index (Phi) is 4.68. The topological polar surface area (TPSA) is 44.7 Å². The van der Waals surface area contributed by atoms with Crippen LogP contribution in [-0.4, -0.2) is 42.3 Å². The molecule has 2 N–H and O–H groups in total. The zero-order valence-corrected chi connectivity index (χ0v) is 15.1. The van der Waals surface area contributed by atoms with Crippen molar-refractivity contribution in [1.82, 2.24) is 10.2 Å². The first kappa shape index (κ1) is 18.1. The van der Waals surface area contributed by atoms with Gasteiger partial charge in [-0.15, -0.1) is 6.42 Å². The molecular formula is C20H17ClF2N2O2. The largest absolute Gasteiger partial charge is 0.507 e. The first-order chi connectivity index (χ1) is 13.0. The van der Waals surface area contributed by atoms with Crippen molar-refractivity contribution < 1.29 is 18.6 Å². The van der Waals surface area contributed by atoms with Crippen LogP contribution in [0.25, 0.3) is 11.1 Å². The predicted molar refractivity (Wildman–Crippen MR) is 99.0 cm³/mol. The minimum Gasteiger partial charge on any atom is -0.507 e. The lowest BCUT2D eigenvalue weighted by molar-refractivity contribution is 0.118. The lowest BCUT2D eigenvalue weighted by Gasteiger charge is -2.33. The maximum Gasteiger partial charge on any atom is 0.174 e. The Morgan fingerprint density at radius 1 is 1.30 bits per heavy atom. The van der Waals surface area contributed by atoms with Crippen molar-refractivity contribution in [1.29, 1.82) is 0 Å². The van der Waals surface area contributed by atoms with E-state index in [-0.39, 0.29) is 58.0 Å². The number of nitrogens with one attached hydrogen (secondary N) is 1. The van der Waals surface area contributed by atoms with Crippen LogP contribution >= 0.6 is 11.6 Å². The number of nitrogens with zero attached hydrogens (tertiary/aromatic N) is 1. The maximum absolute atomic E-state index is 15.5. The van der Waals surface area contributed by atoms with Crippen LogP contribution in [0.2, 0.25) is 5.02 Å². The number of halogens is 3. The molecule has 4 rings (SSSR count). The molecule has 1 atom stereocenters. The summed E-state index contributed by atoms with van der Waals surface area (Å²) in [7, 11) is 0. The van der Waals surface area contributed by atoms with Crippen molar-refractivity contribution in [3.8, 4) is 35.0 Å². The van der Waals surface area contributed by atoms with Crippen molar-refractivity contribution in [2.24, 2.45) is 0 Å². The van der Waals surface area contributed by atoms with Crippen LogP contribution in [0.4, 0.5) is 8.78 Å². The predicted octanol–water partition coefficient (Wildman–Crippen LogP) is 3.14. The van der Waals surface area contributed by atoms with Crippen LogP contribution in [0, 0.1) is 24.0 Å². The molecular weight excluding hydrogens is 374 g/mol. The van der Waals surface area contributed by atoms with Crippen LogP contribution < -0.4 is 10.1 Å². The Morgan fingerprint density at radius 2 is 2.11 bits per heavy atom. The Morgan fingerprint density at radius 3 is 2.85 bits per heavy atom. The molecule has 0 aliphatic carbocycles. The van der Waals surface area contributed by atoms with E-state index in [4.69, 9.17) is 22.8 Å². The lowest BCUT2D eigenvalue weighted by Crippen LogP contribution is -2.52. The second kappa shape index (κ2) is 7.01. The van der Waals surface area contributed by atoms with Gasteiger partial charge in [0, 0.05) is 42.9 Å². The summed E-state index contributed by atoms with van der Waals surface area (Å²) in [5, 5.41) is 13.5. The third kappa shape index (κ3) is 2.92. The van der Waals surface area contributed by atoms with Crippen molar-refractivity contribution in [3.05, 3.63) is 46.0 Å². The van der Waals surface area contributed by atoms with Gasteiger partial charge < -0.3 is 15.2 Å². The van der Waals surface area contributed by atoms with Gasteiger partial charge in [-0.3, -0.25) is 4.90 Å². The second-order valence-corrected chi connectivity index (χ2v) is 7.01. The molecule has 0 aromatic heterocycles. The SMILES string of the molecule is C#Cc1c(F)c2c(c(F)c1-c1c(O)cccc1Cl)OC[C@H]1CNCCN1C2. The molecule has 2 aromatic rings. The normalized spacial score (nSPS) is 19.4. The quantitative estimate of drug-likeness (QED) is 0.734. The van der Waals surface area contributed by atoms with E-state index in [1.807, 2.05) is 0 Å². The summed E-state index contributed by atoms with van der Waals surface area (Å²) in [6, 6.07) is 4.34. The van der Waals surface area contributed by atoms with Crippen molar-refractivity contribution in [3.63, 3.8) is 0 Å². The average molecular weight is 391 g/mol. The molecule has 27 heavy (non-hydrogen) atoms. The standard InChI is InChI=1S/C20H17ClF2N2O2/c1-2-12-16(17-14(21)4-3-5-15(17)26)19(23)20-13(18(12)22)9-25-7-6-24-8-11(25)10-27-20/h1,3-5,11,24,26H,6-10H2/t11-/m1/s1. The van der Waals surface area contributed by atoms with E-state index in [0.717, 1.165) is 6.54 Å². The summed E-state index contributed by atoms with van der Waals surface area (Å²) in [6.07, 6.45) is 5.52. The molecule has 0 saturated carbocycles. The van der Waals surface area contributed by atoms with E-state index in [1.54, 1.807) is 0 Å². The number of rotatable bonds is 1. The number of phenolic OH excluding ortho intramolecular Hbond substituents is 1. The van der Waals surface area contributed by atoms with Crippen LogP contribution in [0.3, 0.4) is 0 Å². The van der Waals surface area contributed by atoms with Crippen molar-refractivity contribution in [2.75, 3.05) is 26.2 Å². The van der Waals surface area contributed by atoms with Crippen LogP contribution in [0.5, 0.6) is 11.5 Å². The van der Waals surface area contributed by atoms with Crippen LogP contribution in [0.15, 0.2) is 18.2 Å². The zero-order chi connectivity index (χ0) is 19.1. The first-order valence-electron chi connectivity index (χ1n) is 8.58. The van der Waals surface area contributed by atoms with Gasteiger partial charge in [-0.25, -0.2) is 8.78 Å². The number of ether oxygens (including phenoxy) is 1. The van der Waals surface area contributed by atoms with Gasteiger partial charge in [0.05, 0.1) is 16.6 Å². The summed E-state index contributed by atoms with van der Waals surface area (Å²) in [4.78, 5) is 2.05. The fourth-order valence-electron chi connectivity index (χ4n) is 3.70. The molecule has 2 aliphatic rings. The fraction of sp³-hybridized carbons (Fsp3) is 0.300. The second-order valence-electron chi connectivity index (χ2n) is 6.60. The highest BCUT2D eigenvalue weighted by molar-refractivity contribution is 6.33. The van der Waals surface area contributed by atoms with Gasteiger partial charge in [0.25, 0.3) is 0 Å². The molecule has 4 nitrogen and oxygen atoms in total. The maximum atomic E-state index is 15.5. The molecule has 1 saturated heterocycles. The van der Waals surface area contributed by atoms with Gasteiger partial charge in [-0.2, -0.15) is 0 Å². The van der Waals surface area contributed by atoms with E-state index >= 15 is 8.78 Å². The number of benzene rings is 2. The molecule has 0 amide bonds.